The summed E-state index contributed by atoms with van der Waals surface area (Å²) in [6, 6.07) is 7.45. The topological polar surface area (TPSA) is 122 Å². The van der Waals surface area contributed by atoms with Crippen LogP contribution in [0.25, 0.3) is 0 Å². The van der Waals surface area contributed by atoms with Gasteiger partial charge in [-0.2, -0.15) is 5.10 Å². The minimum absolute atomic E-state index is 0.0140. The summed E-state index contributed by atoms with van der Waals surface area (Å²) in [7, 11) is -3.18. The standard InChI is InChI=1S/C21H27N3O6S/c1-15-2-4-16(5-3-15)6-8-19(25)22-11-12-30-21(27)18-7-9-20(26)24(23-18)17-10-13-31(28,29)14-17/h2-5,17H,6-14H2,1H3,(H,22,25). The van der Waals surface area contributed by atoms with E-state index in [1.807, 2.05) is 31.2 Å². The lowest BCUT2D eigenvalue weighted by molar-refractivity contribution is -0.137. The molecule has 168 valence electrons. The van der Waals surface area contributed by atoms with Gasteiger partial charge < -0.3 is 10.1 Å². The average molecular weight is 450 g/mol. The summed E-state index contributed by atoms with van der Waals surface area (Å²) in [6.07, 6.45) is 1.51. The van der Waals surface area contributed by atoms with Gasteiger partial charge in [-0.3, -0.25) is 9.59 Å². The molecule has 1 saturated heterocycles. The van der Waals surface area contributed by atoms with Crippen molar-refractivity contribution in [3.05, 3.63) is 35.4 Å². The first-order valence-electron chi connectivity index (χ1n) is 10.3. The molecule has 1 fully saturated rings. The van der Waals surface area contributed by atoms with Crippen LogP contribution in [0.4, 0.5) is 0 Å². The first kappa shape index (κ1) is 22.9. The molecule has 3 rings (SSSR count). The van der Waals surface area contributed by atoms with Crippen molar-refractivity contribution < 1.29 is 27.5 Å². The van der Waals surface area contributed by atoms with Gasteiger partial charge in [0.05, 0.1) is 24.1 Å². The Morgan fingerprint density at radius 3 is 2.65 bits per heavy atom. The molecule has 1 atom stereocenters. The third-order valence-corrected chi connectivity index (χ3v) is 7.02. The summed E-state index contributed by atoms with van der Waals surface area (Å²) < 4.78 is 28.5. The van der Waals surface area contributed by atoms with Gasteiger partial charge in [-0.15, -0.1) is 0 Å². The van der Waals surface area contributed by atoms with E-state index in [2.05, 4.69) is 10.4 Å². The minimum Gasteiger partial charge on any atom is -0.459 e. The highest BCUT2D eigenvalue weighted by Crippen LogP contribution is 2.22. The van der Waals surface area contributed by atoms with Crippen LogP contribution in [0, 0.1) is 6.92 Å². The van der Waals surface area contributed by atoms with Crippen molar-refractivity contribution in [2.75, 3.05) is 24.7 Å². The number of rotatable bonds is 8. The molecule has 31 heavy (non-hydrogen) atoms. The monoisotopic (exact) mass is 449 g/mol. The Morgan fingerprint density at radius 1 is 1.23 bits per heavy atom. The van der Waals surface area contributed by atoms with Gasteiger partial charge in [-0.05, 0) is 25.3 Å². The fourth-order valence-electron chi connectivity index (χ4n) is 3.49. The van der Waals surface area contributed by atoms with Gasteiger partial charge in [0.25, 0.3) is 0 Å². The Hall–Kier alpha value is -2.75. The van der Waals surface area contributed by atoms with Gasteiger partial charge in [0, 0.05) is 19.3 Å². The number of carbonyl (C=O) groups excluding carboxylic acids is 3. The molecular weight excluding hydrogens is 422 g/mol. The predicted octanol–water partition coefficient (Wildman–Crippen LogP) is 0.753. The van der Waals surface area contributed by atoms with Crippen molar-refractivity contribution in [2.24, 2.45) is 5.10 Å². The van der Waals surface area contributed by atoms with Crippen molar-refractivity contribution in [1.29, 1.82) is 0 Å². The van der Waals surface area contributed by atoms with E-state index < -0.39 is 21.8 Å². The number of amides is 2. The summed E-state index contributed by atoms with van der Waals surface area (Å²) in [5.41, 5.74) is 2.34. The number of ether oxygens (including phenoxy) is 1. The molecule has 2 amide bonds. The fraction of sp³-hybridized carbons (Fsp3) is 0.524. The Kier molecular flexibility index (Phi) is 7.42. The van der Waals surface area contributed by atoms with E-state index in [0.717, 1.165) is 10.6 Å². The second-order valence-corrected chi connectivity index (χ2v) is 10.0. The van der Waals surface area contributed by atoms with Crippen LogP contribution >= 0.6 is 0 Å². The molecule has 2 heterocycles. The number of sulfone groups is 1. The molecule has 0 radical (unpaired) electrons. The number of hydrogen-bond donors (Lipinski definition) is 1. The smallest absolute Gasteiger partial charge is 0.354 e. The predicted molar refractivity (Wildman–Crippen MR) is 114 cm³/mol. The van der Waals surface area contributed by atoms with E-state index in [9.17, 15) is 22.8 Å². The van der Waals surface area contributed by atoms with Crippen LogP contribution in [0.2, 0.25) is 0 Å². The van der Waals surface area contributed by atoms with Gasteiger partial charge in [0.2, 0.25) is 11.8 Å². The highest BCUT2D eigenvalue weighted by atomic mass is 32.2. The summed E-state index contributed by atoms with van der Waals surface area (Å²) in [5, 5.41) is 7.89. The van der Waals surface area contributed by atoms with E-state index in [1.54, 1.807) is 0 Å². The van der Waals surface area contributed by atoms with Crippen molar-refractivity contribution in [1.82, 2.24) is 10.3 Å². The number of esters is 1. The number of hydrogen-bond acceptors (Lipinski definition) is 7. The molecule has 0 aromatic heterocycles. The zero-order valence-corrected chi connectivity index (χ0v) is 18.3. The van der Waals surface area contributed by atoms with Crippen LogP contribution in [0.15, 0.2) is 29.4 Å². The van der Waals surface area contributed by atoms with Crippen molar-refractivity contribution >= 4 is 33.3 Å². The molecular formula is C21H27N3O6S. The van der Waals surface area contributed by atoms with Crippen molar-refractivity contribution in [3.8, 4) is 0 Å². The zero-order valence-electron chi connectivity index (χ0n) is 17.5. The van der Waals surface area contributed by atoms with E-state index in [-0.39, 0.29) is 55.0 Å². The number of hydrazone groups is 1. The van der Waals surface area contributed by atoms with Crippen LogP contribution in [0.1, 0.15) is 36.8 Å². The molecule has 9 nitrogen and oxygen atoms in total. The lowest BCUT2D eigenvalue weighted by atomic mass is 10.1. The minimum atomic E-state index is -3.18. The third kappa shape index (κ3) is 6.61. The quantitative estimate of drug-likeness (QED) is 0.462. The number of nitrogens with one attached hydrogen (secondary N) is 1. The van der Waals surface area contributed by atoms with Crippen molar-refractivity contribution in [3.63, 3.8) is 0 Å². The Balaban J connectivity index is 1.40. The summed E-state index contributed by atoms with van der Waals surface area (Å²) in [5.74, 6) is -1.21. The highest BCUT2D eigenvalue weighted by Gasteiger charge is 2.37. The fourth-order valence-corrected chi connectivity index (χ4v) is 5.18. The summed E-state index contributed by atoms with van der Waals surface area (Å²) >= 11 is 0. The molecule has 0 bridgehead atoms. The van der Waals surface area contributed by atoms with Gasteiger partial charge in [-0.1, -0.05) is 29.8 Å². The maximum Gasteiger partial charge on any atom is 0.354 e. The highest BCUT2D eigenvalue weighted by molar-refractivity contribution is 7.91. The zero-order chi connectivity index (χ0) is 22.4. The Bertz CT molecular complexity index is 971. The molecule has 0 saturated carbocycles. The summed E-state index contributed by atoms with van der Waals surface area (Å²) in [6.45, 7) is 2.17. The van der Waals surface area contributed by atoms with E-state index >= 15 is 0 Å². The molecule has 0 aliphatic carbocycles. The Morgan fingerprint density at radius 2 is 1.97 bits per heavy atom. The lowest BCUT2D eigenvalue weighted by Gasteiger charge is -2.27. The summed E-state index contributed by atoms with van der Waals surface area (Å²) in [4.78, 5) is 36.3. The number of benzene rings is 1. The van der Waals surface area contributed by atoms with E-state index in [0.29, 0.717) is 19.3 Å². The first-order chi connectivity index (χ1) is 14.7. The molecule has 2 aliphatic rings. The lowest BCUT2D eigenvalue weighted by Crippen LogP contribution is -2.42. The number of carbonyl (C=O) groups is 3. The second-order valence-electron chi connectivity index (χ2n) is 7.81. The SMILES string of the molecule is Cc1ccc(CCC(=O)NCCOC(=O)C2=NN(C3CCS(=O)(=O)C3)C(=O)CC2)cc1. The van der Waals surface area contributed by atoms with Crippen molar-refractivity contribution in [2.45, 2.75) is 45.1 Å². The van der Waals surface area contributed by atoms with E-state index in [4.69, 9.17) is 4.74 Å². The molecule has 0 spiro atoms. The van der Waals surface area contributed by atoms with Gasteiger partial charge in [0.1, 0.15) is 12.3 Å². The molecule has 1 aromatic carbocycles. The largest absolute Gasteiger partial charge is 0.459 e. The average Bonchev–Trinajstić information content (AvgIpc) is 3.10. The van der Waals surface area contributed by atoms with Crippen LogP contribution in [-0.2, 0) is 35.4 Å². The molecule has 10 heteroatoms. The second kappa shape index (κ2) is 10.0. The van der Waals surface area contributed by atoms with Gasteiger partial charge >= 0.3 is 5.97 Å². The number of nitrogens with zero attached hydrogens (tertiary/aromatic N) is 2. The van der Waals surface area contributed by atoms with Crippen LogP contribution in [0.5, 0.6) is 0 Å². The van der Waals surface area contributed by atoms with E-state index in [1.165, 1.54) is 5.56 Å². The normalized spacial score (nSPS) is 20.3. The number of aryl methyl sites for hydroxylation is 2. The van der Waals surface area contributed by atoms with Gasteiger partial charge in [0.15, 0.2) is 9.84 Å². The maximum atomic E-state index is 12.3. The Labute approximate surface area is 181 Å². The first-order valence-corrected chi connectivity index (χ1v) is 12.1. The molecule has 2 aliphatic heterocycles. The molecule has 1 unspecified atom stereocenters. The van der Waals surface area contributed by atoms with Gasteiger partial charge in [-0.25, -0.2) is 18.2 Å². The molecule has 1 aromatic rings. The third-order valence-electron chi connectivity index (χ3n) is 5.27. The molecule has 1 N–H and O–H groups in total. The van der Waals surface area contributed by atoms with Crippen LogP contribution in [-0.4, -0.2) is 67.6 Å². The van der Waals surface area contributed by atoms with Crippen LogP contribution in [0.3, 0.4) is 0 Å². The van der Waals surface area contributed by atoms with Crippen LogP contribution < -0.4 is 5.32 Å². The maximum absolute atomic E-state index is 12.3.